The zero-order valence-electron chi connectivity index (χ0n) is 17.6. The summed E-state index contributed by atoms with van der Waals surface area (Å²) < 4.78 is 27.5. The van der Waals surface area contributed by atoms with Crippen molar-refractivity contribution < 1.29 is 18.0 Å². The number of anilines is 2. The van der Waals surface area contributed by atoms with Gasteiger partial charge >= 0.3 is 6.03 Å². The van der Waals surface area contributed by atoms with Gasteiger partial charge in [-0.2, -0.15) is 0 Å². The standard InChI is InChI=1S/C24H22N4O4S/c25-17-8-6-16(7-9-17)23(29)28-14-21(27-24(28)30)33(31,32)20-11-10-19-18(12-13-26-19)22(20)15-4-2-1-3-5-15/h1-11,21,26H,12-14,25H2,(H,27,30)/t21-/m0/s1. The number of hydrogen-bond acceptors (Lipinski definition) is 6. The molecule has 3 aromatic rings. The SMILES string of the molecule is Nc1ccc(C(=O)N2C[C@H](S(=O)(=O)c3ccc4c(c3-c3ccccc3)CCN4)NC2=O)cc1. The number of carbonyl (C=O) groups is 2. The molecule has 0 radical (unpaired) electrons. The van der Waals surface area contributed by atoms with Crippen molar-refractivity contribution in [2.24, 2.45) is 0 Å². The van der Waals surface area contributed by atoms with Crippen molar-refractivity contribution in [2.75, 3.05) is 24.1 Å². The summed E-state index contributed by atoms with van der Waals surface area (Å²) in [5, 5.41) is 4.52. The molecule has 3 aromatic carbocycles. The largest absolute Gasteiger partial charge is 0.399 e. The number of hydrogen-bond donors (Lipinski definition) is 3. The monoisotopic (exact) mass is 462 g/mol. The third-order valence-corrected chi connectivity index (χ3v) is 7.96. The van der Waals surface area contributed by atoms with Crippen LogP contribution < -0.4 is 16.4 Å². The molecular weight excluding hydrogens is 440 g/mol. The van der Waals surface area contributed by atoms with Gasteiger partial charge in [-0.25, -0.2) is 13.2 Å². The highest BCUT2D eigenvalue weighted by Gasteiger charge is 2.42. The van der Waals surface area contributed by atoms with E-state index in [9.17, 15) is 18.0 Å². The van der Waals surface area contributed by atoms with Crippen LogP contribution in [0, 0.1) is 0 Å². The summed E-state index contributed by atoms with van der Waals surface area (Å²) in [5.41, 5.74) is 9.66. The minimum atomic E-state index is -4.00. The number of amides is 3. The molecule has 33 heavy (non-hydrogen) atoms. The van der Waals surface area contributed by atoms with E-state index in [1.165, 1.54) is 12.1 Å². The third kappa shape index (κ3) is 3.60. The summed E-state index contributed by atoms with van der Waals surface area (Å²) in [6, 6.07) is 18.1. The fourth-order valence-corrected chi connectivity index (χ4v) is 6.02. The molecule has 1 atom stereocenters. The Labute approximate surface area is 191 Å². The highest BCUT2D eigenvalue weighted by molar-refractivity contribution is 7.92. The number of nitrogens with two attached hydrogens (primary N) is 1. The maximum atomic E-state index is 13.7. The quantitative estimate of drug-likeness (QED) is 0.513. The fourth-order valence-electron chi connectivity index (χ4n) is 4.33. The van der Waals surface area contributed by atoms with Gasteiger partial charge in [0, 0.05) is 29.0 Å². The Morgan fingerprint density at radius 1 is 1.00 bits per heavy atom. The van der Waals surface area contributed by atoms with Crippen LogP contribution in [0.15, 0.2) is 71.6 Å². The van der Waals surface area contributed by atoms with E-state index < -0.39 is 27.1 Å². The summed E-state index contributed by atoms with van der Waals surface area (Å²) in [6.07, 6.45) is 0.696. The van der Waals surface area contributed by atoms with E-state index in [0.717, 1.165) is 28.3 Å². The van der Waals surface area contributed by atoms with Crippen molar-refractivity contribution in [1.82, 2.24) is 10.2 Å². The molecule has 3 amide bonds. The molecule has 0 bridgehead atoms. The normalized spacial score (nSPS) is 17.4. The lowest BCUT2D eigenvalue weighted by molar-refractivity contribution is 0.0828. The molecule has 0 aromatic heterocycles. The maximum Gasteiger partial charge on any atom is 0.325 e. The minimum absolute atomic E-state index is 0.142. The number of fused-ring (bicyclic) bond motifs is 1. The highest BCUT2D eigenvalue weighted by Crippen LogP contribution is 2.39. The van der Waals surface area contributed by atoms with Gasteiger partial charge in [-0.1, -0.05) is 30.3 Å². The average molecular weight is 463 g/mol. The van der Waals surface area contributed by atoms with Crippen molar-refractivity contribution in [3.05, 3.63) is 77.9 Å². The second-order valence-corrected chi connectivity index (χ2v) is 10.1. The molecule has 2 heterocycles. The van der Waals surface area contributed by atoms with Gasteiger partial charge in [0.05, 0.1) is 11.4 Å². The highest BCUT2D eigenvalue weighted by atomic mass is 32.2. The molecule has 2 aliphatic heterocycles. The van der Waals surface area contributed by atoms with E-state index in [4.69, 9.17) is 5.73 Å². The zero-order valence-corrected chi connectivity index (χ0v) is 18.4. The van der Waals surface area contributed by atoms with Gasteiger partial charge < -0.3 is 16.4 Å². The first-order valence-corrected chi connectivity index (χ1v) is 12.1. The molecule has 0 saturated carbocycles. The van der Waals surface area contributed by atoms with E-state index in [-0.39, 0.29) is 17.0 Å². The lowest BCUT2D eigenvalue weighted by Gasteiger charge is -2.18. The molecule has 9 heteroatoms. The van der Waals surface area contributed by atoms with Gasteiger partial charge in [0.15, 0.2) is 5.37 Å². The Morgan fingerprint density at radius 3 is 2.45 bits per heavy atom. The van der Waals surface area contributed by atoms with Gasteiger partial charge in [0.1, 0.15) is 0 Å². The smallest absolute Gasteiger partial charge is 0.325 e. The van der Waals surface area contributed by atoms with Gasteiger partial charge in [0.2, 0.25) is 9.84 Å². The number of nitrogens with one attached hydrogen (secondary N) is 2. The van der Waals surface area contributed by atoms with Crippen LogP contribution in [0.4, 0.5) is 16.2 Å². The van der Waals surface area contributed by atoms with Crippen molar-refractivity contribution in [3.63, 3.8) is 0 Å². The second-order valence-electron chi connectivity index (χ2n) is 8.03. The molecule has 2 aliphatic rings. The Balaban J connectivity index is 1.52. The number of nitrogen functional groups attached to an aromatic ring is 1. The molecule has 5 rings (SSSR count). The summed E-state index contributed by atoms with van der Waals surface area (Å²) in [4.78, 5) is 26.5. The van der Waals surface area contributed by atoms with E-state index in [0.29, 0.717) is 17.7 Å². The predicted molar refractivity (Wildman–Crippen MR) is 125 cm³/mol. The van der Waals surface area contributed by atoms with Crippen LogP contribution in [0.3, 0.4) is 0 Å². The lowest BCUT2D eigenvalue weighted by Crippen LogP contribution is -2.35. The summed E-state index contributed by atoms with van der Waals surface area (Å²) in [5.74, 6) is -0.577. The fraction of sp³-hybridized carbons (Fsp3) is 0.167. The Hall–Kier alpha value is -3.85. The first-order valence-electron chi connectivity index (χ1n) is 10.5. The van der Waals surface area contributed by atoms with Gasteiger partial charge in [-0.15, -0.1) is 0 Å². The summed E-state index contributed by atoms with van der Waals surface area (Å²) in [7, 11) is -4.00. The number of carbonyl (C=O) groups excluding carboxylic acids is 2. The van der Waals surface area contributed by atoms with Gasteiger partial charge in [-0.3, -0.25) is 9.69 Å². The van der Waals surface area contributed by atoms with Crippen LogP contribution in [0.5, 0.6) is 0 Å². The van der Waals surface area contributed by atoms with Crippen molar-refractivity contribution in [1.29, 1.82) is 0 Å². The average Bonchev–Trinajstić information content (AvgIpc) is 3.46. The first-order chi connectivity index (χ1) is 15.9. The molecule has 0 aliphatic carbocycles. The number of nitrogens with zero attached hydrogens (tertiary/aromatic N) is 1. The number of imide groups is 1. The lowest BCUT2D eigenvalue weighted by atomic mass is 9.98. The molecule has 0 unspecified atom stereocenters. The van der Waals surface area contributed by atoms with Crippen LogP contribution in [-0.2, 0) is 16.3 Å². The van der Waals surface area contributed by atoms with Crippen molar-refractivity contribution in [2.45, 2.75) is 16.7 Å². The maximum absolute atomic E-state index is 13.7. The van der Waals surface area contributed by atoms with Crippen LogP contribution in [0.25, 0.3) is 11.1 Å². The molecule has 0 spiro atoms. The summed E-state index contributed by atoms with van der Waals surface area (Å²) >= 11 is 0. The summed E-state index contributed by atoms with van der Waals surface area (Å²) in [6.45, 7) is 0.441. The predicted octanol–water partition coefficient (Wildman–Crippen LogP) is 2.87. The molecular formula is C24H22N4O4S. The Morgan fingerprint density at radius 2 is 1.73 bits per heavy atom. The molecule has 1 saturated heterocycles. The molecule has 8 nitrogen and oxygen atoms in total. The van der Waals surface area contributed by atoms with E-state index >= 15 is 0 Å². The third-order valence-electron chi connectivity index (χ3n) is 5.99. The molecule has 1 fully saturated rings. The van der Waals surface area contributed by atoms with E-state index in [2.05, 4.69) is 10.6 Å². The van der Waals surface area contributed by atoms with Gasteiger partial charge in [-0.05, 0) is 53.9 Å². The molecule has 4 N–H and O–H groups in total. The number of benzene rings is 3. The van der Waals surface area contributed by atoms with Gasteiger partial charge in [0.25, 0.3) is 5.91 Å². The Bertz CT molecular complexity index is 1360. The first kappa shape index (κ1) is 21.0. The van der Waals surface area contributed by atoms with Crippen molar-refractivity contribution in [3.8, 4) is 11.1 Å². The molecule has 168 valence electrons. The second kappa shape index (κ2) is 7.93. The van der Waals surface area contributed by atoms with Crippen LogP contribution in [0.2, 0.25) is 0 Å². The van der Waals surface area contributed by atoms with Crippen LogP contribution >= 0.6 is 0 Å². The van der Waals surface area contributed by atoms with Crippen molar-refractivity contribution >= 4 is 33.2 Å². The minimum Gasteiger partial charge on any atom is -0.399 e. The van der Waals surface area contributed by atoms with E-state index in [1.54, 1.807) is 24.3 Å². The van der Waals surface area contributed by atoms with Crippen LogP contribution in [0.1, 0.15) is 15.9 Å². The zero-order chi connectivity index (χ0) is 23.2. The topological polar surface area (TPSA) is 122 Å². The number of urea groups is 1. The van der Waals surface area contributed by atoms with Crippen LogP contribution in [-0.4, -0.2) is 43.7 Å². The number of rotatable bonds is 4. The number of sulfone groups is 1. The van der Waals surface area contributed by atoms with E-state index in [1.807, 2.05) is 30.3 Å². The Kier molecular flexibility index (Phi) is 5.05.